The van der Waals surface area contributed by atoms with E-state index in [4.69, 9.17) is 0 Å². The fourth-order valence-electron chi connectivity index (χ4n) is 2.71. The van der Waals surface area contributed by atoms with Gasteiger partial charge in [-0.05, 0) is 35.2 Å². The molecule has 1 heterocycles. The van der Waals surface area contributed by atoms with E-state index in [1.165, 1.54) is 5.39 Å². The van der Waals surface area contributed by atoms with Crippen LogP contribution in [0.3, 0.4) is 0 Å². The number of fused-ring (bicyclic) bond motifs is 1. The number of carbonyl (C=O) groups excluding carboxylic acids is 1. The number of nitrogens with zero attached hydrogens (tertiary/aromatic N) is 1. The molecular weight excluding hydrogens is 314 g/mol. The number of carbonyl (C=O) groups is 1. The van der Waals surface area contributed by atoms with Crippen LogP contribution in [0.15, 0.2) is 42.5 Å². The van der Waals surface area contributed by atoms with Gasteiger partial charge in [0, 0.05) is 23.5 Å². The lowest BCUT2D eigenvalue weighted by Crippen LogP contribution is -2.43. The summed E-state index contributed by atoms with van der Waals surface area (Å²) in [6.07, 6.45) is 1.06. The Bertz CT molecular complexity index is 640. The van der Waals surface area contributed by atoms with Gasteiger partial charge >= 0.3 is 0 Å². The monoisotopic (exact) mass is 331 g/mol. The Morgan fingerprint density at radius 1 is 1.20 bits per heavy atom. The summed E-state index contributed by atoms with van der Waals surface area (Å²) in [5.41, 5.74) is 0.790. The normalized spacial score (nSPS) is 23.0. The van der Waals surface area contributed by atoms with Crippen LogP contribution in [0.2, 0.25) is 0 Å². The van der Waals surface area contributed by atoms with Crippen molar-refractivity contribution in [1.82, 2.24) is 4.90 Å². The summed E-state index contributed by atoms with van der Waals surface area (Å²) in [5, 5.41) is 2.30. The average Bonchev–Trinajstić information content (AvgIpc) is 2.49. The van der Waals surface area contributed by atoms with Crippen molar-refractivity contribution in [2.45, 2.75) is 18.2 Å². The van der Waals surface area contributed by atoms with Crippen LogP contribution in [0.5, 0.6) is 0 Å². The number of piperidine rings is 1. The van der Waals surface area contributed by atoms with Crippen LogP contribution in [0.25, 0.3) is 10.8 Å². The Morgan fingerprint density at radius 2 is 1.95 bits per heavy atom. The molecule has 20 heavy (non-hydrogen) atoms. The van der Waals surface area contributed by atoms with Gasteiger partial charge in [0.15, 0.2) is 0 Å². The first kappa shape index (κ1) is 13.6. The van der Waals surface area contributed by atoms with Crippen LogP contribution in [0.1, 0.15) is 23.7 Å². The van der Waals surface area contributed by atoms with E-state index >= 15 is 0 Å². The van der Waals surface area contributed by atoms with Gasteiger partial charge in [-0.3, -0.25) is 4.79 Å². The van der Waals surface area contributed by atoms with Crippen molar-refractivity contribution in [3.8, 4) is 0 Å². The van der Waals surface area contributed by atoms with Crippen molar-refractivity contribution >= 4 is 32.6 Å². The Hall–Kier alpha value is -1.35. The third-order valence-corrected chi connectivity index (χ3v) is 5.34. The molecule has 1 saturated heterocycles. The molecule has 0 aromatic heterocycles. The largest absolute Gasteiger partial charge is 0.338 e. The Balaban J connectivity index is 1.85. The Morgan fingerprint density at radius 3 is 2.70 bits per heavy atom. The molecule has 104 valence electrons. The number of benzene rings is 2. The maximum absolute atomic E-state index is 12.6. The second-order valence-electron chi connectivity index (χ2n) is 5.60. The number of likely N-dealkylation sites (tertiary alicyclic amines) is 1. The van der Waals surface area contributed by atoms with Gasteiger partial charge in [-0.25, -0.2) is 0 Å². The number of alkyl halides is 1. The van der Waals surface area contributed by atoms with E-state index in [-0.39, 0.29) is 5.91 Å². The number of halogens is 1. The predicted molar refractivity (Wildman–Crippen MR) is 86.3 cm³/mol. The average molecular weight is 332 g/mol. The molecular formula is C17H18BrNO. The van der Waals surface area contributed by atoms with Crippen molar-refractivity contribution < 1.29 is 4.79 Å². The highest BCUT2D eigenvalue weighted by molar-refractivity contribution is 9.09. The summed E-state index contributed by atoms with van der Waals surface area (Å²) in [4.78, 5) is 15.0. The molecule has 0 spiro atoms. The number of rotatable bonds is 1. The topological polar surface area (TPSA) is 20.3 Å². The molecule has 0 N–H and O–H groups in total. The molecule has 0 bridgehead atoms. The highest BCUT2D eigenvalue weighted by atomic mass is 79.9. The van der Waals surface area contributed by atoms with Gasteiger partial charge in [0.05, 0.1) is 0 Å². The Labute approximate surface area is 127 Å². The van der Waals surface area contributed by atoms with E-state index in [1.807, 2.05) is 35.2 Å². The van der Waals surface area contributed by atoms with E-state index in [0.717, 1.165) is 30.5 Å². The zero-order valence-electron chi connectivity index (χ0n) is 11.6. The molecule has 3 rings (SSSR count). The summed E-state index contributed by atoms with van der Waals surface area (Å²) in [6, 6.07) is 14.1. The lowest BCUT2D eigenvalue weighted by Gasteiger charge is -2.34. The van der Waals surface area contributed by atoms with Gasteiger partial charge in [0.25, 0.3) is 5.91 Å². The minimum atomic E-state index is 0.145. The van der Waals surface area contributed by atoms with Gasteiger partial charge in [-0.1, -0.05) is 53.2 Å². The molecule has 0 radical (unpaired) electrons. The summed E-state index contributed by atoms with van der Waals surface area (Å²) < 4.78 is 0. The summed E-state index contributed by atoms with van der Waals surface area (Å²) in [5.74, 6) is 0.780. The molecule has 1 amide bonds. The van der Waals surface area contributed by atoms with Gasteiger partial charge in [0.1, 0.15) is 0 Å². The molecule has 3 heteroatoms. The fourth-order valence-corrected chi connectivity index (χ4v) is 3.33. The minimum absolute atomic E-state index is 0.145. The third-order valence-electron chi connectivity index (χ3n) is 4.15. The maximum atomic E-state index is 12.6. The standard InChI is InChI=1S/C17H18BrNO/c1-12-8-9-19(11-16(12)18)17(20)15-7-6-13-4-2-3-5-14(13)10-15/h2-7,10,12,16H,8-9,11H2,1H3. The molecule has 2 aromatic carbocycles. The number of hydrogen-bond acceptors (Lipinski definition) is 1. The second kappa shape index (κ2) is 5.57. The summed E-state index contributed by atoms with van der Waals surface area (Å²) in [7, 11) is 0. The van der Waals surface area contributed by atoms with E-state index in [1.54, 1.807) is 0 Å². The predicted octanol–water partition coefficient (Wildman–Crippen LogP) is 4.09. The summed E-state index contributed by atoms with van der Waals surface area (Å²) >= 11 is 3.68. The van der Waals surface area contributed by atoms with E-state index in [0.29, 0.717) is 10.7 Å². The molecule has 1 aliphatic heterocycles. The third kappa shape index (κ3) is 2.59. The molecule has 2 unspecified atom stereocenters. The quantitative estimate of drug-likeness (QED) is 0.721. The van der Waals surface area contributed by atoms with E-state index in [9.17, 15) is 4.79 Å². The van der Waals surface area contributed by atoms with Gasteiger partial charge in [-0.15, -0.1) is 0 Å². The number of hydrogen-bond donors (Lipinski definition) is 0. The van der Waals surface area contributed by atoms with Gasteiger partial charge in [-0.2, -0.15) is 0 Å². The van der Waals surface area contributed by atoms with Crippen LogP contribution >= 0.6 is 15.9 Å². The van der Waals surface area contributed by atoms with Gasteiger partial charge < -0.3 is 4.90 Å². The first-order valence-electron chi connectivity index (χ1n) is 7.07. The minimum Gasteiger partial charge on any atom is -0.338 e. The van der Waals surface area contributed by atoms with Crippen molar-refractivity contribution in [2.24, 2.45) is 5.92 Å². The lowest BCUT2D eigenvalue weighted by atomic mass is 9.98. The maximum Gasteiger partial charge on any atom is 0.253 e. The SMILES string of the molecule is CC1CCN(C(=O)c2ccc3ccccc3c2)CC1Br. The molecule has 2 aromatic rings. The van der Waals surface area contributed by atoms with Crippen LogP contribution in [-0.4, -0.2) is 28.7 Å². The molecule has 1 fully saturated rings. The van der Waals surface area contributed by atoms with Crippen molar-refractivity contribution in [3.63, 3.8) is 0 Å². The Kier molecular flexibility index (Phi) is 3.79. The van der Waals surface area contributed by atoms with Crippen molar-refractivity contribution in [1.29, 1.82) is 0 Å². The first-order chi connectivity index (χ1) is 9.65. The molecule has 2 atom stereocenters. The van der Waals surface area contributed by atoms with Crippen LogP contribution in [0.4, 0.5) is 0 Å². The van der Waals surface area contributed by atoms with E-state index < -0.39 is 0 Å². The smallest absolute Gasteiger partial charge is 0.253 e. The number of amides is 1. The fraction of sp³-hybridized carbons (Fsp3) is 0.353. The lowest BCUT2D eigenvalue weighted by molar-refractivity contribution is 0.0706. The molecule has 1 aliphatic rings. The highest BCUT2D eigenvalue weighted by Crippen LogP contribution is 2.25. The van der Waals surface area contributed by atoms with Crippen LogP contribution in [0, 0.1) is 5.92 Å². The van der Waals surface area contributed by atoms with Crippen LogP contribution < -0.4 is 0 Å². The summed E-state index contributed by atoms with van der Waals surface area (Å²) in [6.45, 7) is 3.89. The molecule has 0 aliphatic carbocycles. The molecule has 0 saturated carbocycles. The van der Waals surface area contributed by atoms with Crippen molar-refractivity contribution in [2.75, 3.05) is 13.1 Å². The zero-order chi connectivity index (χ0) is 14.1. The van der Waals surface area contributed by atoms with Gasteiger partial charge in [0.2, 0.25) is 0 Å². The van der Waals surface area contributed by atoms with Crippen molar-refractivity contribution in [3.05, 3.63) is 48.0 Å². The highest BCUT2D eigenvalue weighted by Gasteiger charge is 2.27. The van der Waals surface area contributed by atoms with E-state index in [2.05, 4.69) is 35.0 Å². The second-order valence-corrected chi connectivity index (χ2v) is 6.77. The molecule has 2 nitrogen and oxygen atoms in total. The van der Waals surface area contributed by atoms with Crippen LogP contribution in [-0.2, 0) is 0 Å². The first-order valence-corrected chi connectivity index (χ1v) is 7.99. The zero-order valence-corrected chi connectivity index (χ0v) is 13.1.